The van der Waals surface area contributed by atoms with Crippen molar-refractivity contribution in [2.24, 2.45) is 0 Å². The number of nitrogens with zero attached hydrogens (tertiary/aromatic N) is 3. The number of amides is 1. The number of likely N-dealkylation sites (tertiary alicyclic amines) is 1. The predicted molar refractivity (Wildman–Crippen MR) is 71.6 cm³/mol. The molecule has 6 heteroatoms. The van der Waals surface area contributed by atoms with Crippen LogP contribution in [0.4, 0.5) is 0 Å². The average Bonchev–Trinajstić information content (AvgIpc) is 3.02. The van der Waals surface area contributed by atoms with Crippen LogP contribution in [0.25, 0.3) is 0 Å². The van der Waals surface area contributed by atoms with Gasteiger partial charge in [-0.2, -0.15) is 0 Å². The largest absolute Gasteiger partial charge is 0.414 e. The van der Waals surface area contributed by atoms with E-state index >= 15 is 0 Å². The van der Waals surface area contributed by atoms with E-state index < -0.39 is 0 Å². The van der Waals surface area contributed by atoms with Crippen LogP contribution in [0.5, 0.6) is 0 Å². The first kappa shape index (κ1) is 12.7. The van der Waals surface area contributed by atoms with Crippen molar-refractivity contribution in [3.63, 3.8) is 0 Å². The van der Waals surface area contributed by atoms with Gasteiger partial charge in [0.2, 0.25) is 11.8 Å². The van der Waals surface area contributed by atoms with Gasteiger partial charge in [-0.25, -0.2) is 0 Å². The molecule has 1 aliphatic carbocycles. The maximum Gasteiger partial charge on any atom is 0.277 e. The molecule has 1 atom stereocenters. The fourth-order valence-electron chi connectivity index (χ4n) is 2.39. The minimum atomic E-state index is 0.183. The van der Waals surface area contributed by atoms with E-state index in [1.54, 1.807) is 16.7 Å². The molecule has 0 unspecified atom stereocenters. The van der Waals surface area contributed by atoms with Crippen LogP contribution in [0.15, 0.2) is 21.8 Å². The lowest BCUT2D eigenvalue weighted by molar-refractivity contribution is -0.128. The minimum Gasteiger partial charge on any atom is -0.414 e. The average molecular weight is 279 g/mol. The first-order valence-corrected chi connectivity index (χ1v) is 7.63. The monoisotopic (exact) mass is 279 g/mol. The normalized spacial score (nSPS) is 23.3. The first-order chi connectivity index (χ1) is 9.31. The SMILES string of the molecule is O=C1CCCN1Cc1nnc(S[C@H]2C=CCCC2)o1. The van der Waals surface area contributed by atoms with Gasteiger partial charge in [-0.1, -0.05) is 23.9 Å². The third kappa shape index (κ3) is 3.18. The Balaban J connectivity index is 1.58. The van der Waals surface area contributed by atoms with Crippen LogP contribution in [-0.2, 0) is 11.3 Å². The topological polar surface area (TPSA) is 59.2 Å². The molecule has 1 fully saturated rings. The summed E-state index contributed by atoms with van der Waals surface area (Å²) in [6.07, 6.45) is 9.54. The zero-order valence-corrected chi connectivity index (χ0v) is 11.6. The number of carbonyl (C=O) groups is 1. The lowest BCUT2D eigenvalue weighted by Crippen LogP contribution is -2.23. The zero-order chi connectivity index (χ0) is 13.1. The molecule has 0 N–H and O–H groups in total. The van der Waals surface area contributed by atoms with E-state index in [-0.39, 0.29) is 5.91 Å². The van der Waals surface area contributed by atoms with Gasteiger partial charge in [0, 0.05) is 18.2 Å². The van der Waals surface area contributed by atoms with Gasteiger partial charge in [-0.05, 0) is 25.7 Å². The van der Waals surface area contributed by atoms with Crippen LogP contribution in [0, 0.1) is 0 Å². The highest BCUT2D eigenvalue weighted by molar-refractivity contribution is 7.99. The van der Waals surface area contributed by atoms with Gasteiger partial charge in [-0.15, -0.1) is 10.2 Å². The van der Waals surface area contributed by atoms with Crippen molar-refractivity contribution in [3.05, 3.63) is 18.0 Å². The van der Waals surface area contributed by atoms with Gasteiger partial charge in [-0.3, -0.25) is 4.79 Å². The summed E-state index contributed by atoms with van der Waals surface area (Å²) in [6, 6.07) is 0. The lowest BCUT2D eigenvalue weighted by atomic mass is 10.1. The Bertz CT molecular complexity index is 486. The second kappa shape index (κ2) is 5.77. The molecule has 102 valence electrons. The van der Waals surface area contributed by atoms with Gasteiger partial charge in [0.25, 0.3) is 5.22 Å². The molecule has 1 aromatic heterocycles. The molecule has 5 nitrogen and oxygen atoms in total. The van der Waals surface area contributed by atoms with Crippen LogP contribution in [0.1, 0.15) is 38.0 Å². The number of hydrogen-bond donors (Lipinski definition) is 0. The van der Waals surface area contributed by atoms with E-state index in [1.165, 1.54) is 12.8 Å². The van der Waals surface area contributed by atoms with Gasteiger partial charge in [0.15, 0.2) is 0 Å². The predicted octanol–water partition coefficient (Wildman–Crippen LogP) is 2.39. The molecule has 3 rings (SSSR count). The van der Waals surface area contributed by atoms with E-state index in [2.05, 4.69) is 22.3 Å². The molecular formula is C13H17N3O2S. The van der Waals surface area contributed by atoms with Crippen LogP contribution >= 0.6 is 11.8 Å². The van der Waals surface area contributed by atoms with E-state index in [0.29, 0.717) is 29.3 Å². The Hall–Kier alpha value is -1.30. The van der Waals surface area contributed by atoms with Crippen molar-refractivity contribution in [1.29, 1.82) is 0 Å². The van der Waals surface area contributed by atoms with E-state index in [0.717, 1.165) is 19.4 Å². The second-order valence-corrected chi connectivity index (χ2v) is 6.09. The third-order valence-corrected chi connectivity index (χ3v) is 4.47. The number of thioether (sulfide) groups is 1. The highest BCUT2D eigenvalue weighted by Gasteiger charge is 2.23. The quantitative estimate of drug-likeness (QED) is 0.792. The number of rotatable bonds is 4. The molecule has 1 aliphatic heterocycles. The smallest absolute Gasteiger partial charge is 0.277 e. The third-order valence-electron chi connectivity index (χ3n) is 3.41. The summed E-state index contributed by atoms with van der Waals surface area (Å²) in [7, 11) is 0. The molecular weight excluding hydrogens is 262 g/mol. The Morgan fingerprint density at radius 2 is 2.37 bits per heavy atom. The standard InChI is InChI=1S/C13H17N3O2S/c17-12-7-4-8-16(12)9-11-14-15-13(18-11)19-10-5-2-1-3-6-10/h2,5,10H,1,3-4,6-9H2/t10-/m0/s1. The van der Waals surface area contributed by atoms with Crippen LogP contribution in [0.2, 0.25) is 0 Å². The minimum absolute atomic E-state index is 0.183. The highest BCUT2D eigenvalue weighted by atomic mass is 32.2. The molecule has 0 bridgehead atoms. The number of aromatic nitrogens is 2. The van der Waals surface area contributed by atoms with Crippen molar-refractivity contribution in [2.45, 2.75) is 49.1 Å². The maximum atomic E-state index is 11.5. The van der Waals surface area contributed by atoms with Crippen molar-refractivity contribution in [1.82, 2.24) is 15.1 Å². The van der Waals surface area contributed by atoms with Gasteiger partial charge >= 0.3 is 0 Å². The number of hydrogen-bond acceptors (Lipinski definition) is 5. The van der Waals surface area contributed by atoms with Crippen LogP contribution < -0.4 is 0 Å². The van der Waals surface area contributed by atoms with E-state index in [4.69, 9.17) is 4.42 Å². The van der Waals surface area contributed by atoms with Crippen molar-refractivity contribution in [3.8, 4) is 0 Å². The lowest BCUT2D eigenvalue weighted by Gasteiger charge is -2.13. The molecule has 1 aromatic rings. The molecule has 1 saturated heterocycles. The summed E-state index contributed by atoms with van der Waals surface area (Å²) in [6.45, 7) is 1.25. The van der Waals surface area contributed by atoms with Crippen LogP contribution in [-0.4, -0.2) is 32.8 Å². The summed E-state index contributed by atoms with van der Waals surface area (Å²) >= 11 is 1.61. The van der Waals surface area contributed by atoms with E-state index in [9.17, 15) is 4.79 Å². The Morgan fingerprint density at radius 1 is 1.42 bits per heavy atom. The summed E-state index contributed by atoms with van der Waals surface area (Å²) in [4.78, 5) is 13.3. The molecule has 1 amide bonds. The zero-order valence-electron chi connectivity index (χ0n) is 10.7. The Kier molecular flexibility index (Phi) is 3.87. The maximum absolute atomic E-state index is 11.5. The molecule has 19 heavy (non-hydrogen) atoms. The summed E-state index contributed by atoms with van der Waals surface area (Å²) in [5.74, 6) is 0.722. The highest BCUT2D eigenvalue weighted by Crippen LogP contribution is 2.29. The molecule has 2 heterocycles. The van der Waals surface area contributed by atoms with Gasteiger partial charge in [0.1, 0.15) is 0 Å². The Labute approximate surface area is 116 Å². The first-order valence-electron chi connectivity index (χ1n) is 6.75. The number of carbonyl (C=O) groups excluding carboxylic acids is 1. The Morgan fingerprint density at radius 3 is 3.11 bits per heavy atom. The van der Waals surface area contributed by atoms with Crippen molar-refractivity contribution < 1.29 is 9.21 Å². The summed E-state index contributed by atoms with van der Waals surface area (Å²) in [5.41, 5.74) is 0. The molecule has 2 aliphatic rings. The fourth-order valence-corrected chi connectivity index (χ4v) is 3.36. The molecule has 0 radical (unpaired) electrons. The summed E-state index contributed by atoms with van der Waals surface area (Å²) < 4.78 is 5.61. The molecule has 0 aromatic carbocycles. The second-order valence-electron chi connectivity index (χ2n) is 4.90. The number of allylic oxidation sites excluding steroid dienone is 1. The van der Waals surface area contributed by atoms with Crippen LogP contribution in [0.3, 0.4) is 0 Å². The van der Waals surface area contributed by atoms with Crippen molar-refractivity contribution in [2.75, 3.05) is 6.54 Å². The van der Waals surface area contributed by atoms with Crippen molar-refractivity contribution >= 4 is 17.7 Å². The molecule has 0 spiro atoms. The van der Waals surface area contributed by atoms with E-state index in [1.807, 2.05) is 0 Å². The fraction of sp³-hybridized carbons (Fsp3) is 0.615. The molecule has 0 saturated carbocycles. The van der Waals surface area contributed by atoms with Gasteiger partial charge < -0.3 is 9.32 Å². The summed E-state index contributed by atoms with van der Waals surface area (Å²) in [5, 5.41) is 9.13. The van der Waals surface area contributed by atoms with Gasteiger partial charge in [0.05, 0.1) is 6.54 Å².